The van der Waals surface area contributed by atoms with Crippen molar-refractivity contribution in [3.05, 3.63) is 59.9 Å². The molecule has 4 nitrogen and oxygen atoms in total. The summed E-state index contributed by atoms with van der Waals surface area (Å²) in [6.07, 6.45) is 5.63. The number of rotatable bonds is 0. The van der Waals surface area contributed by atoms with Crippen molar-refractivity contribution >= 4 is 28.4 Å². The maximum absolute atomic E-state index is 6.69. The molecular formula is C22H21N3O. The summed E-state index contributed by atoms with van der Waals surface area (Å²) in [7, 11) is 2.09. The molecule has 0 saturated heterocycles. The van der Waals surface area contributed by atoms with Crippen molar-refractivity contribution in [1.29, 1.82) is 0 Å². The number of hydrogen-bond acceptors (Lipinski definition) is 4. The van der Waals surface area contributed by atoms with Gasteiger partial charge in [-0.05, 0) is 55.5 Å². The molecule has 0 saturated carbocycles. The number of likely N-dealkylation sites (N-methyl/N-ethyl adjacent to an activating group) is 1. The first-order valence-corrected chi connectivity index (χ1v) is 8.90. The molecule has 0 radical (unpaired) electrons. The Balaban J connectivity index is 1.71. The number of ether oxygens (including phenoxy) is 1. The minimum atomic E-state index is -0.647. The second-order valence-electron chi connectivity index (χ2n) is 7.77. The van der Waals surface area contributed by atoms with Crippen LogP contribution in [0.5, 0.6) is 5.75 Å². The number of aryl methyl sites for hydroxylation is 1. The highest BCUT2D eigenvalue weighted by molar-refractivity contribution is 5.99. The summed E-state index contributed by atoms with van der Waals surface area (Å²) in [6.45, 7) is 6.57. The summed E-state index contributed by atoms with van der Waals surface area (Å²) in [5.41, 5.74) is 3.70. The number of nitrogens with zero attached hydrogens (tertiary/aromatic N) is 3. The molecule has 0 N–H and O–H groups in total. The van der Waals surface area contributed by atoms with Crippen molar-refractivity contribution in [3.63, 3.8) is 0 Å². The van der Waals surface area contributed by atoms with Gasteiger partial charge in [0.1, 0.15) is 11.4 Å². The fraction of sp³-hybridized carbons (Fsp3) is 0.273. The third kappa shape index (κ3) is 1.74. The highest BCUT2D eigenvalue weighted by Crippen LogP contribution is 2.54. The number of anilines is 1. The Kier molecular flexibility index (Phi) is 2.87. The van der Waals surface area contributed by atoms with Crippen LogP contribution in [0.25, 0.3) is 10.8 Å². The Hall–Kier alpha value is -2.88. The predicted octanol–water partition coefficient (Wildman–Crippen LogP) is 4.76. The molecule has 26 heavy (non-hydrogen) atoms. The lowest BCUT2D eigenvalue weighted by atomic mass is 9.77. The molecule has 1 atom stereocenters. The minimum absolute atomic E-state index is 0.240. The van der Waals surface area contributed by atoms with E-state index in [2.05, 4.69) is 62.0 Å². The number of fused-ring (bicyclic) bond motifs is 4. The number of benzene rings is 2. The quantitative estimate of drug-likeness (QED) is 0.590. The lowest BCUT2D eigenvalue weighted by Crippen LogP contribution is -2.61. The molecule has 1 aromatic heterocycles. The molecule has 2 aromatic carbocycles. The standard InChI is InChI=1S/C22H21N3O/c1-14-5-7-17-18(11-14)25(4)22(21(17,2)3)13-24-20-16-12-23-10-9-15(16)6-8-19(20)26-22/h5-13H,1-4H3. The van der Waals surface area contributed by atoms with E-state index in [1.54, 1.807) is 6.20 Å². The van der Waals surface area contributed by atoms with E-state index in [9.17, 15) is 0 Å². The third-order valence-corrected chi connectivity index (χ3v) is 5.97. The second kappa shape index (κ2) is 4.85. The van der Waals surface area contributed by atoms with Crippen molar-refractivity contribution in [2.24, 2.45) is 4.99 Å². The van der Waals surface area contributed by atoms with Crippen LogP contribution in [-0.2, 0) is 5.41 Å². The molecule has 0 amide bonds. The van der Waals surface area contributed by atoms with Gasteiger partial charge in [-0.3, -0.25) is 9.98 Å². The lowest BCUT2D eigenvalue weighted by molar-refractivity contribution is 0.0826. The van der Waals surface area contributed by atoms with Gasteiger partial charge in [0.25, 0.3) is 0 Å². The summed E-state index contributed by atoms with van der Waals surface area (Å²) in [5.74, 6) is 0.803. The van der Waals surface area contributed by atoms with E-state index in [0.29, 0.717) is 0 Å². The van der Waals surface area contributed by atoms with E-state index in [1.807, 2.05) is 24.5 Å². The van der Waals surface area contributed by atoms with Crippen LogP contribution in [0.1, 0.15) is 25.0 Å². The Labute approximate surface area is 153 Å². The van der Waals surface area contributed by atoms with Crippen molar-refractivity contribution in [2.75, 3.05) is 11.9 Å². The maximum atomic E-state index is 6.69. The van der Waals surface area contributed by atoms with Gasteiger partial charge in [-0.15, -0.1) is 0 Å². The molecule has 0 aliphatic carbocycles. The zero-order valence-corrected chi connectivity index (χ0v) is 15.4. The van der Waals surface area contributed by atoms with E-state index in [1.165, 1.54) is 16.8 Å². The zero-order chi connectivity index (χ0) is 18.1. The first-order valence-electron chi connectivity index (χ1n) is 8.90. The normalized spacial score (nSPS) is 22.4. The van der Waals surface area contributed by atoms with E-state index in [0.717, 1.165) is 22.2 Å². The van der Waals surface area contributed by atoms with Gasteiger partial charge in [0.15, 0.2) is 0 Å². The molecule has 1 unspecified atom stereocenters. The SMILES string of the molecule is Cc1ccc2c(c1)N(C)C1(C=Nc3c(ccc4ccncc34)O1)C2(C)C. The Morgan fingerprint density at radius 1 is 1.08 bits per heavy atom. The van der Waals surface area contributed by atoms with Gasteiger partial charge in [-0.1, -0.05) is 18.2 Å². The first kappa shape index (κ1) is 15.4. The Morgan fingerprint density at radius 3 is 2.77 bits per heavy atom. The van der Waals surface area contributed by atoms with E-state index in [-0.39, 0.29) is 5.41 Å². The van der Waals surface area contributed by atoms with Gasteiger partial charge in [0, 0.05) is 30.5 Å². The number of pyridine rings is 1. The molecule has 4 heteroatoms. The maximum Gasteiger partial charge on any atom is 0.228 e. The van der Waals surface area contributed by atoms with Crippen molar-refractivity contribution in [3.8, 4) is 5.75 Å². The zero-order valence-electron chi connectivity index (χ0n) is 15.4. The average Bonchev–Trinajstić information content (AvgIpc) is 2.80. The molecule has 0 bridgehead atoms. The summed E-state index contributed by atoms with van der Waals surface area (Å²) in [6, 6.07) is 12.7. The summed E-state index contributed by atoms with van der Waals surface area (Å²) in [4.78, 5) is 11.3. The van der Waals surface area contributed by atoms with Crippen LogP contribution in [0.4, 0.5) is 11.4 Å². The monoisotopic (exact) mass is 343 g/mol. The Bertz CT molecular complexity index is 1090. The fourth-order valence-corrected chi connectivity index (χ4v) is 4.37. The van der Waals surface area contributed by atoms with Crippen LogP contribution in [0.15, 0.2) is 53.8 Å². The van der Waals surface area contributed by atoms with Crippen molar-refractivity contribution in [1.82, 2.24) is 4.98 Å². The highest BCUT2D eigenvalue weighted by Gasteiger charge is 2.58. The molecule has 2 aliphatic rings. The molecule has 1 spiro atoms. The Morgan fingerprint density at radius 2 is 1.92 bits per heavy atom. The minimum Gasteiger partial charge on any atom is -0.459 e. The van der Waals surface area contributed by atoms with Crippen molar-refractivity contribution < 1.29 is 4.74 Å². The summed E-state index contributed by atoms with van der Waals surface area (Å²) < 4.78 is 6.69. The number of hydrogen-bond donors (Lipinski definition) is 0. The van der Waals surface area contributed by atoms with Gasteiger partial charge in [-0.2, -0.15) is 0 Å². The van der Waals surface area contributed by atoms with E-state index < -0.39 is 5.72 Å². The largest absolute Gasteiger partial charge is 0.459 e. The van der Waals surface area contributed by atoms with Crippen LogP contribution in [0.2, 0.25) is 0 Å². The van der Waals surface area contributed by atoms with Crippen LogP contribution < -0.4 is 9.64 Å². The van der Waals surface area contributed by atoms with Gasteiger partial charge in [0.05, 0.1) is 11.6 Å². The molecule has 3 aromatic rings. The molecule has 130 valence electrons. The van der Waals surface area contributed by atoms with Crippen LogP contribution >= 0.6 is 0 Å². The van der Waals surface area contributed by atoms with Gasteiger partial charge in [-0.25, -0.2) is 0 Å². The molecule has 5 rings (SSSR count). The average molecular weight is 343 g/mol. The third-order valence-electron chi connectivity index (χ3n) is 5.97. The van der Waals surface area contributed by atoms with Gasteiger partial charge in [0.2, 0.25) is 5.72 Å². The first-order chi connectivity index (χ1) is 12.4. The van der Waals surface area contributed by atoms with E-state index in [4.69, 9.17) is 9.73 Å². The molecule has 2 aliphatic heterocycles. The molecule has 0 fully saturated rings. The lowest BCUT2D eigenvalue weighted by Gasteiger charge is -2.44. The number of aromatic nitrogens is 1. The van der Waals surface area contributed by atoms with Crippen LogP contribution in [0.3, 0.4) is 0 Å². The number of aliphatic imine (C=N–C) groups is 1. The summed E-state index contributed by atoms with van der Waals surface area (Å²) >= 11 is 0. The van der Waals surface area contributed by atoms with E-state index >= 15 is 0 Å². The molecular weight excluding hydrogens is 322 g/mol. The van der Waals surface area contributed by atoms with Crippen LogP contribution in [-0.4, -0.2) is 24.0 Å². The second-order valence-corrected chi connectivity index (χ2v) is 7.77. The molecule has 3 heterocycles. The van der Waals surface area contributed by atoms with Gasteiger partial charge >= 0.3 is 0 Å². The topological polar surface area (TPSA) is 37.7 Å². The smallest absolute Gasteiger partial charge is 0.228 e. The van der Waals surface area contributed by atoms with Gasteiger partial charge < -0.3 is 9.64 Å². The summed E-state index contributed by atoms with van der Waals surface area (Å²) in [5, 5.41) is 2.14. The fourth-order valence-electron chi connectivity index (χ4n) is 4.37. The van der Waals surface area contributed by atoms with Crippen molar-refractivity contribution in [2.45, 2.75) is 31.9 Å². The highest BCUT2D eigenvalue weighted by atomic mass is 16.5. The van der Waals surface area contributed by atoms with Crippen LogP contribution in [0, 0.1) is 6.92 Å². The predicted molar refractivity (Wildman–Crippen MR) is 106 cm³/mol.